The first-order valence-electron chi connectivity index (χ1n) is 12.9. The van der Waals surface area contributed by atoms with Crippen LogP contribution < -0.4 is 15.4 Å². The Bertz CT molecular complexity index is 1250. The number of nitrogens with zero attached hydrogens (tertiary/aromatic N) is 3. The van der Waals surface area contributed by atoms with Gasteiger partial charge in [0.1, 0.15) is 0 Å². The van der Waals surface area contributed by atoms with Crippen LogP contribution in [-0.4, -0.2) is 43.8 Å². The van der Waals surface area contributed by atoms with E-state index < -0.39 is 0 Å². The topological polar surface area (TPSA) is 54.8 Å². The number of hydrogen-bond donors (Lipinski definition) is 0. The fourth-order valence-electron chi connectivity index (χ4n) is 5.60. The van der Waals surface area contributed by atoms with Crippen LogP contribution in [0.5, 0.6) is 0 Å². The molecular weight excluding hydrogens is 438 g/mol. The third kappa shape index (κ3) is 4.72. The van der Waals surface area contributed by atoms with Crippen LogP contribution in [0.4, 0.5) is 11.4 Å². The molecule has 1 aliphatic carbocycles. The minimum Gasteiger partial charge on any atom is -0.378 e. The van der Waals surface area contributed by atoms with Gasteiger partial charge < -0.3 is 19.1 Å². The maximum Gasteiger partial charge on any atom is 0.258 e. The number of carbonyl (C=O) groups excluding carboxylic acids is 1. The number of amides is 1. The zero-order valence-corrected chi connectivity index (χ0v) is 20.8. The zero-order chi connectivity index (χ0) is 24.4. The van der Waals surface area contributed by atoms with E-state index in [4.69, 9.17) is 4.74 Å². The number of benzene rings is 2. The highest BCUT2D eigenvalue weighted by Crippen LogP contribution is 2.33. The first kappa shape index (κ1) is 23.6. The lowest BCUT2D eigenvalue weighted by molar-refractivity contribution is 0.0993. The van der Waals surface area contributed by atoms with Gasteiger partial charge in [0.2, 0.25) is 0 Å². The number of carbonyl (C=O) groups is 1. The highest BCUT2D eigenvalue weighted by atomic mass is 16.5. The highest BCUT2D eigenvalue weighted by molar-refractivity contribution is 6.07. The summed E-state index contributed by atoms with van der Waals surface area (Å²) in [5.74, 6) is 0.595. The molecule has 1 aliphatic heterocycles. The van der Waals surface area contributed by atoms with E-state index >= 15 is 0 Å². The van der Waals surface area contributed by atoms with Crippen LogP contribution in [0.25, 0.3) is 10.9 Å². The largest absolute Gasteiger partial charge is 0.378 e. The summed E-state index contributed by atoms with van der Waals surface area (Å²) in [6.45, 7) is 5.37. The summed E-state index contributed by atoms with van der Waals surface area (Å²) in [4.78, 5) is 30.1. The van der Waals surface area contributed by atoms with Crippen LogP contribution in [0.15, 0.2) is 53.3 Å². The molecule has 1 aromatic heterocycles. The first-order valence-corrected chi connectivity index (χ1v) is 12.9. The van der Waals surface area contributed by atoms with Crippen molar-refractivity contribution in [2.75, 3.05) is 43.2 Å². The molecule has 2 heterocycles. The fraction of sp³-hybridized carbons (Fsp3) is 0.448. The van der Waals surface area contributed by atoms with Gasteiger partial charge in [0, 0.05) is 49.4 Å². The lowest BCUT2D eigenvalue weighted by Crippen LogP contribution is -2.37. The molecule has 1 saturated carbocycles. The fourth-order valence-corrected chi connectivity index (χ4v) is 5.60. The number of hydrogen-bond acceptors (Lipinski definition) is 4. The third-order valence-corrected chi connectivity index (χ3v) is 7.67. The minimum absolute atomic E-state index is 0.00303. The Morgan fingerprint density at radius 2 is 1.71 bits per heavy atom. The predicted octanol–water partition coefficient (Wildman–Crippen LogP) is 5.18. The Hall–Kier alpha value is -3.12. The third-order valence-electron chi connectivity index (χ3n) is 7.67. The van der Waals surface area contributed by atoms with Crippen LogP contribution in [0.2, 0.25) is 0 Å². The molecule has 6 nitrogen and oxygen atoms in total. The van der Waals surface area contributed by atoms with E-state index in [-0.39, 0.29) is 11.5 Å². The number of aromatic nitrogens is 1. The number of morpholine rings is 1. The average molecular weight is 474 g/mol. The molecule has 1 saturated heterocycles. The SMILES string of the molecule is CCn1c(=O)cc(N2CCOCC2)c2cc(N(C)C(=O)c3ccc(C4CCCCC4)cc3)ccc21. The van der Waals surface area contributed by atoms with E-state index in [0.717, 1.165) is 35.4 Å². The van der Waals surface area contributed by atoms with Gasteiger partial charge in [0.25, 0.3) is 11.5 Å². The maximum atomic E-state index is 13.4. The van der Waals surface area contributed by atoms with Crippen molar-refractivity contribution in [3.8, 4) is 0 Å². The lowest BCUT2D eigenvalue weighted by atomic mass is 9.84. The molecule has 184 valence electrons. The summed E-state index contributed by atoms with van der Waals surface area (Å²) in [5, 5.41) is 0.984. The Balaban J connectivity index is 1.46. The van der Waals surface area contributed by atoms with Gasteiger partial charge in [-0.1, -0.05) is 31.4 Å². The summed E-state index contributed by atoms with van der Waals surface area (Å²) >= 11 is 0. The number of aryl methyl sites for hydroxylation is 1. The number of fused-ring (bicyclic) bond motifs is 1. The molecule has 1 amide bonds. The van der Waals surface area contributed by atoms with Crippen molar-refractivity contribution in [3.05, 3.63) is 70.0 Å². The summed E-state index contributed by atoms with van der Waals surface area (Å²) in [6.07, 6.45) is 6.44. The maximum absolute atomic E-state index is 13.4. The van der Waals surface area contributed by atoms with Crippen molar-refractivity contribution < 1.29 is 9.53 Å². The molecule has 5 rings (SSSR count). The average Bonchev–Trinajstić information content (AvgIpc) is 2.92. The van der Waals surface area contributed by atoms with E-state index in [1.54, 1.807) is 15.5 Å². The van der Waals surface area contributed by atoms with Crippen molar-refractivity contribution in [2.45, 2.75) is 51.5 Å². The molecular formula is C29H35N3O3. The van der Waals surface area contributed by atoms with E-state index in [2.05, 4.69) is 17.0 Å². The molecule has 2 aromatic carbocycles. The number of pyridine rings is 1. The Kier molecular flexibility index (Phi) is 6.91. The number of anilines is 2. The van der Waals surface area contributed by atoms with Crippen LogP contribution in [0.3, 0.4) is 0 Å². The quantitative estimate of drug-likeness (QED) is 0.512. The van der Waals surface area contributed by atoms with Gasteiger partial charge in [0.15, 0.2) is 0 Å². The van der Waals surface area contributed by atoms with E-state index in [1.165, 1.54) is 37.7 Å². The zero-order valence-electron chi connectivity index (χ0n) is 20.8. The van der Waals surface area contributed by atoms with Gasteiger partial charge in [-0.15, -0.1) is 0 Å². The standard InChI is InChI=1S/C29H35N3O3/c1-3-32-26-14-13-24(19-25(26)27(20-28(32)33)31-15-17-35-18-16-31)30(2)29(34)23-11-9-22(10-12-23)21-7-5-4-6-8-21/h9-14,19-21H,3-8,15-18H2,1-2H3. The Morgan fingerprint density at radius 1 is 1.00 bits per heavy atom. The first-order chi connectivity index (χ1) is 17.1. The summed E-state index contributed by atoms with van der Waals surface area (Å²) in [7, 11) is 1.82. The molecule has 35 heavy (non-hydrogen) atoms. The van der Waals surface area contributed by atoms with Crippen molar-refractivity contribution in [3.63, 3.8) is 0 Å². The molecule has 0 bridgehead atoms. The van der Waals surface area contributed by atoms with Crippen LogP contribution in [-0.2, 0) is 11.3 Å². The summed E-state index contributed by atoms with van der Waals surface area (Å²) < 4.78 is 7.31. The van der Waals surface area contributed by atoms with Gasteiger partial charge >= 0.3 is 0 Å². The smallest absolute Gasteiger partial charge is 0.258 e. The van der Waals surface area contributed by atoms with E-state index in [0.29, 0.717) is 31.2 Å². The molecule has 0 N–H and O–H groups in total. The Morgan fingerprint density at radius 3 is 2.40 bits per heavy atom. The molecule has 2 fully saturated rings. The van der Waals surface area contributed by atoms with Crippen LogP contribution in [0, 0.1) is 0 Å². The molecule has 6 heteroatoms. The molecule has 0 atom stereocenters. The molecule has 0 spiro atoms. The van der Waals surface area contributed by atoms with Crippen molar-refractivity contribution >= 4 is 28.2 Å². The molecule has 0 unspecified atom stereocenters. The molecule has 0 radical (unpaired) electrons. The van der Waals surface area contributed by atoms with Gasteiger partial charge in [-0.05, 0) is 61.6 Å². The lowest BCUT2D eigenvalue weighted by Gasteiger charge is -2.30. The van der Waals surface area contributed by atoms with Gasteiger partial charge in [-0.3, -0.25) is 9.59 Å². The molecule has 3 aromatic rings. The predicted molar refractivity (Wildman–Crippen MR) is 142 cm³/mol. The van der Waals surface area contributed by atoms with Crippen molar-refractivity contribution in [2.24, 2.45) is 0 Å². The van der Waals surface area contributed by atoms with Gasteiger partial charge in [-0.25, -0.2) is 0 Å². The second kappa shape index (κ2) is 10.2. The molecule has 2 aliphatic rings. The number of rotatable bonds is 5. The second-order valence-electron chi connectivity index (χ2n) is 9.73. The monoisotopic (exact) mass is 473 g/mol. The highest BCUT2D eigenvalue weighted by Gasteiger charge is 2.20. The van der Waals surface area contributed by atoms with Gasteiger partial charge in [-0.2, -0.15) is 0 Å². The van der Waals surface area contributed by atoms with E-state index in [9.17, 15) is 9.59 Å². The van der Waals surface area contributed by atoms with Crippen molar-refractivity contribution in [1.29, 1.82) is 0 Å². The van der Waals surface area contributed by atoms with E-state index in [1.807, 2.05) is 44.3 Å². The Labute approximate surface area is 207 Å². The summed E-state index contributed by atoms with van der Waals surface area (Å²) in [5.41, 5.74) is 4.66. The minimum atomic E-state index is -0.0312. The summed E-state index contributed by atoms with van der Waals surface area (Å²) in [6, 6.07) is 15.9. The second-order valence-corrected chi connectivity index (χ2v) is 9.73. The van der Waals surface area contributed by atoms with Gasteiger partial charge in [0.05, 0.1) is 24.4 Å². The number of ether oxygens (including phenoxy) is 1. The van der Waals surface area contributed by atoms with Crippen LogP contribution in [0.1, 0.15) is 60.9 Å². The normalized spacial score (nSPS) is 17.0. The van der Waals surface area contributed by atoms with Crippen LogP contribution >= 0.6 is 0 Å². The van der Waals surface area contributed by atoms with Crippen molar-refractivity contribution in [1.82, 2.24) is 4.57 Å².